The van der Waals surface area contributed by atoms with Crippen LogP contribution in [0.2, 0.25) is 0 Å². The van der Waals surface area contributed by atoms with Crippen LogP contribution in [-0.2, 0) is 26.9 Å². The lowest BCUT2D eigenvalue weighted by molar-refractivity contribution is -0.153. The standard InChI is InChI=1S/C20H20F3NO4/c1-13(19(26)24-17-6-4-3-5-16(17)20(21,22)23)28-18(25)12-9-14-7-10-15(27-2)11-8-14/h3-8,10-11,13H,9,12H2,1-2H3,(H,24,26)/t13-/m0/s1. The van der Waals surface area contributed by atoms with Crippen LogP contribution in [0, 0.1) is 0 Å². The van der Waals surface area contributed by atoms with Gasteiger partial charge in [-0.05, 0) is 43.2 Å². The summed E-state index contributed by atoms with van der Waals surface area (Å²) in [5.74, 6) is -0.771. The van der Waals surface area contributed by atoms with Crippen molar-refractivity contribution in [3.8, 4) is 5.75 Å². The van der Waals surface area contributed by atoms with E-state index in [0.717, 1.165) is 17.7 Å². The fourth-order valence-electron chi connectivity index (χ4n) is 2.42. The maximum absolute atomic E-state index is 13.0. The summed E-state index contributed by atoms with van der Waals surface area (Å²) < 4.78 is 49.0. The van der Waals surface area contributed by atoms with Gasteiger partial charge in [-0.1, -0.05) is 24.3 Å². The normalized spacial score (nSPS) is 12.2. The van der Waals surface area contributed by atoms with Gasteiger partial charge >= 0.3 is 12.1 Å². The molecule has 0 radical (unpaired) electrons. The highest BCUT2D eigenvalue weighted by Crippen LogP contribution is 2.34. The van der Waals surface area contributed by atoms with E-state index in [2.05, 4.69) is 5.32 Å². The molecule has 8 heteroatoms. The lowest BCUT2D eigenvalue weighted by Gasteiger charge is -2.16. The van der Waals surface area contributed by atoms with Crippen LogP contribution >= 0.6 is 0 Å². The predicted molar refractivity (Wildman–Crippen MR) is 96.9 cm³/mol. The summed E-state index contributed by atoms with van der Waals surface area (Å²) in [5, 5.41) is 2.16. The molecule has 0 bridgehead atoms. The maximum Gasteiger partial charge on any atom is 0.418 e. The van der Waals surface area contributed by atoms with Gasteiger partial charge in [-0.25, -0.2) is 0 Å². The van der Waals surface area contributed by atoms with Crippen LogP contribution in [0.25, 0.3) is 0 Å². The van der Waals surface area contributed by atoms with Crippen LogP contribution in [0.4, 0.5) is 18.9 Å². The number of methoxy groups -OCH3 is 1. The molecule has 2 rings (SSSR count). The molecule has 2 aromatic carbocycles. The monoisotopic (exact) mass is 395 g/mol. The number of amides is 1. The topological polar surface area (TPSA) is 64.6 Å². The largest absolute Gasteiger partial charge is 0.497 e. The van der Waals surface area contributed by atoms with Crippen molar-refractivity contribution in [2.75, 3.05) is 12.4 Å². The molecule has 1 atom stereocenters. The lowest BCUT2D eigenvalue weighted by atomic mass is 10.1. The Morgan fingerprint density at radius 3 is 2.32 bits per heavy atom. The van der Waals surface area contributed by atoms with Gasteiger partial charge in [0.1, 0.15) is 5.75 Å². The molecular formula is C20H20F3NO4. The zero-order valence-electron chi connectivity index (χ0n) is 15.4. The van der Waals surface area contributed by atoms with E-state index in [0.29, 0.717) is 12.2 Å². The van der Waals surface area contributed by atoms with E-state index in [1.807, 2.05) is 0 Å². The van der Waals surface area contributed by atoms with Gasteiger partial charge in [0.05, 0.1) is 18.4 Å². The minimum absolute atomic E-state index is 0.0308. The van der Waals surface area contributed by atoms with Gasteiger partial charge in [-0.3, -0.25) is 9.59 Å². The highest BCUT2D eigenvalue weighted by molar-refractivity contribution is 5.95. The van der Waals surface area contributed by atoms with Gasteiger partial charge in [0, 0.05) is 6.42 Å². The van der Waals surface area contributed by atoms with Gasteiger partial charge in [0.2, 0.25) is 0 Å². The Morgan fingerprint density at radius 2 is 1.71 bits per heavy atom. The van der Waals surface area contributed by atoms with Crippen molar-refractivity contribution in [3.63, 3.8) is 0 Å². The molecule has 0 aliphatic heterocycles. The second-order valence-electron chi connectivity index (χ2n) is 6.01. The SMILES string of the molecule is COc1ccc(CCC(=O)O[C@@H](C)C(=O)Nc2ccccc2C(F)(F)F)cc1. The van der Waals surface area contributed by atoms with E-state index in [1.165, 1.54) is 19.1 Å². The molecule has 0 saturated carbocycles. The number of carbonyl (C=O) groups excluding carboxylic acids is 2. The van der Waals surface area contributed by atoms with Crippen molar-refractivity contribution in [1.82, 2.24) is 0 Å². The highest BCUT2D eigenvalue weighted by atomic mass is 19.4. The second kappa shape index (κ2) is 9.25. The molecule has 0 saturated heterocycles. The van der Waals surface area contributed by atoms with Crippen LogP contribution < -0.4 is 10.1 Å². The molecule has 0 spiro atoms. The third-order valence-corrected chi connectivity index (χ3v) is 3.94. The average Bonchev–Trinajstić information content (AvgIpc) is 2.66. The summed E-state index contributed by atoms with van der Waals surface area (Å²) in [7, 11) is 1.55. The first kappa shape index (κ1) is 21.3. The fraction of sp³-hybridized carbons (Fsp3) is 0.300. The molecule has 5 nitrogen and oxygen atoms in total. The zero-order chi connectivity index (χ0) is 20.7. The summed E-state index contributed by atoms with van der Waals surface area (Å²) >= 11 is 0. The first-order valence-corrected chi connectivity index (χ1v) is 8.50. The summed E-state index contributed by atoms with van der Waals surface area (Å²) in [5.41, 5.74) is -0.475. The Hall–Kier alpha value is -3.03. The molecule has 0 fully saturated rings. The molecule has 0 heterocycles. The third-order valence-electron chi connectivity index (χ3n) is 3.94. The van der Waals surface area contributed by atoms with Crippen LogP contribution in [0.15, 0.2) is 48.5 Å². The number of hydrogen-bond acceptors (Lipinski definition) is 4. The van der Waals surface area contributed by atoms with Crippen molar-refractivity contribution in [2.45, 2.75) is 32.0 Å². The van der Waals surface area contributed by atoms with Crippen LogP contribution in [-0.4, -0.2) is 25.1 Å². The smallest absolute Gasteiger partial charge is 0.418 e. The molecule has 1 amide bonds. The van der Waals surface area contributed by atoms with Crippen molar-refractivity contribution in [3.05, 3.63) is 59.7 Å². The number of esters is 1. The number of para-hydroxylation sites is 1. The summed E-state index contributed by atoms with van der Waals surface area (Å²) in [6.07, 6.45) is -5.41. The van der Waals surface area contributed by atoms with Crippen molar-refractivity contribution in [2.24, 2.45) is 0 Å². The number of carbonyl (C=O) groups is 2. The number of halogens is 3. The van der Waals surface area contributed by atoms with Gasteiger partial charge in [0.15, 0.2) is 6.10 Å². The van der Waals surface area contributed by atoms with E-state index >= 15 is 0 Å². The van der Waals surface area contributed by atoms with E-state index in [9.17, 15) is 22.8 Å². The van der Waals surface area contributed by atoms with Crippen LogP contribution in [0.1, 0.15) is 24.5 Å². The minimum Gasteiger partial charge on any atom is -0.497 e. The molecule has 0 unspecified atom stereocenters. The Balaban J connectivity index is 1.89. The molecule has 0 aliphatic rings. The van der Waals surface area contributed by atoms with Crippen molar-refractivity contribution >= 4 is 17.6 Å². The predicted octanol–water partition coefficient (Wildman–Crippen LogP) is 4.22. The van der Waals surface area contributed by atoms with E-state index in [1.54, 1.807) is 31.4 Å². The van der Waals surface area contributed by atoms with E-state index < -0.39 is 29.7 Å². The van der Waals surface area contributed by atoms with Gasteiger partial charge in [-0.2, -0.15) is 13.2 Å². The average molecular weight is 395 g/mol. The van der Waals surface area contributed by atoms with Crippen molar-refractivity contribution < 1.29 is 32.2 Å². The van der Waals surface area contributed by atoms with Crippen molar-refractivity contribution in [1.29, 1.82) is 0 Å². The Kier molecular flexibility index (Phi) is 7.03. The molecule has 1 N–H and O–H groups in total. The number of aryl methyl sites for hydroxylation is 1. The number of nitrogens with one attached hydrogen (secondary N) is 1. The quantitative estimate of drug-likeness (QED) is 0.713. The number of alkyl halides is 3. The van der Waals surface area contributed by atoms with E-state index in [-0.39, 0.29) is 12.1 Å². The molecule has 0 aliphatic carbocycles. The van der Waals surface area contributed by atoms with Crippen LogP contribution in [0.3, 0.4) is 0 Å². The molecule has 150 valence electrons. The first-order chi connectivity index (χ1) is 13.2. The van der Waals surface area contributed by atoms with Gasteiger partial charge in [-0.15, -0.1) is 0 Å². The first-order valence-electron chi connectivity index (χ1n) is 8.50. The zero-order valence-corrected chi connectivity index (χ0v) is 15.4. The minimum atomic E-state index is -4.61. The molecule has 2 aromatic rings. The number of ether oxygens (including phenoxy) is 2. The number of anilines is 1. The Bertz CT molecular complexity index is 819. The molecular weight excluding hydrogens is 375 g/mol. The summed E-state index contributed by atoms with van der Waals surface area (Å²) in [6, 6.07) is 11.7. The highest BCUT2D eigenvalue weighted by Gasteiger charge is 2.34. The van der Waals surface area contributed by atoms with Crippen LogP contribution in [0.5, 0.6) is 5.75 Å². The summed E-state index contributed by atoms with van der Waals surface area (Å²) in [6.45, 7) is 1.30. The van der Waals surface area contributed by atoms with Gasteiger partial charge in [0.25, 0.3) is 5.91 Å². The van der Waals surface area contributed by atoms with Gasteiger partial charge < -0.3 is 14.8 Å². The number of rotatable bonds is 7. The third kappa shape index (κ3) is 6.00. The number of hydrogen-bond donors (Lipinski definition) is 1. The fourth-order valence-corrected chi connectivity index (χ4v) is 2.42. The Labute approximate surface area is 160 Å². The molecule has 28 heavy (non-hydrogen) atoms. The molecule has 0 aromatic heterocycles. The number of benzene rings is 2. The summed E-state index contributed by atoms with van der Waals surface area (Å²) in [4.78, 5) is 24.0. The maximum atomic E-state index is 13.0. The second-order valence-corrected chi connectivity index (χ2v) is 6.01. The Morgan fingerprint density at radius 1 is 1.07 bits per heavy atom. The lowest BCUT2D eigenvalue weighted by Crippen LogP contribution is -2.30. The van der Waals surface area contributed by atoms with E-state index in [4.69, 9.17) is 9.47 Å².